The Morgan fingerprint density at radius 1 is 1.50 bits per heavy atom. The minimum Gasteiger partial charge on any atom is -0.309 e. The summed E-state index contributed by atoms with van der Waals surface area (Å²) in [7, 11) is 0. The number of nitrogens with zero attached hydrogens (tertiary/aromatic N) is 2. The zero-order valence-corrected chi connectivity index (χ0v) is 12.8. The number of aromatic nitrogens is 1. The highest BCUT2D eigenvalue weighted by atomic mass is 32.1. The second-order valence-corrected chi connectivity index (χ2v) is 6.73. The maximum absolute atomic E-state index is 4.54. The third-order valence-corrected chi connectivity index (χ3v) is 4.63. The van der Waals surface area contributed by atoms with E-state index in [0.29, 0.717) is 12.1 Å². The lowest BCUT2D eigenvalue weighted by atomic mass is 10.1. The molecule has 1 aromatic rings. The van der Waals surface area contributed by atoms with Gasteiger partial charge in [-0.15, -0.1) is 11.3 Å². The second kappa shape index (κ2) is 6.13. The fourth-order valence-electron chi connectivity index (χ4n) is 2.53. The van der Waals surface area contributed by atoms with Gasteiger partial charge < -0.3 is 10.2 Å². The Hall–Kier alpha value is -0.450. The van der Waals surface area contributed by atoms with Crippen LogP contribution < -0.4 is 5.32 Å². The third kappa shape index (κ3) is 3.53. The molecule has 1 saturated heterocycles. The van der Waals surface area contributed by atoms with Crippen LogP contribution in [0.1, 0.15) is 43.9 Å². The monoisotopic (exact) mass is 267 g/mol. The summed E-state index contributed by atoms with van der Waals surface area (Å²) in [5.74, 6) is 0.801. The van der Waals surface area contributed by atoms with Crippen molar-refractivity contribution in [2.24, 2.45) is 5.92 Å². The molecule has 1 N–H and O–H groups in total. The Morgan fingerprint density at radius 3 is 2.83 bits per heavy atom. The average Bonchev–Trinajstić information content (AvgIpc) is 2.94. The molecule has 2 rings (SSSR count). The lowest BCUT2D eigenvalue weighted by molar-refractivity contribution is 0.263. The van der Waals surface area contributed by atoms with Gasteiger partial charge in [-0.05, 0) is 53.1 Å². The summed E-state index contributed by atoms with van der Waals surface area (Å²) >= 11 is 1.74. The standard InChI is InChI=1S/C14H25N3S/c1-10(2)17-6-5-13(8-17)7-15-11(3)14-9-18-12(4)16-14/h9-11,13,15H,5-8H2,1-4H3. The van der Waals surface area contributed by atoms with Crippen molar-refractivity contribution >= 4 is 11.3 Å². The molecule has 102 valence electrons. The van der Waals surface area contributed by atoms with Crippen molar-refractivity contribution in [1.29, 1.82) is 0 Å². The van der Waals surface area contributed by atoms with Crippen LogP contribution in [0.5, 0.6) is 0 Å². The number of nitrogens with one attached hydrogen (secondary N) is 1. The summed E-state index contributed by atoms with van der Waals surface area (Å²) in [6.45, 7) is 12.5. The van der Waals surface area contributed by atoms with Crippen LogP contribution in [0.2, 0.25) is 0 Å². The summed E-state index contributed by atoms with van der Waals surface area (Å²) < 4.78 is 0. The SMILES string of the molecule is Cc1nc(C(C)NCC2CCN(C(C)C)C2)cs1. The Balaban J connectivity index is 1.75. The molecular weight excluding hydrogens is 242 g/mol. The first-order valence-corrected chi connectivity index (χ1v) is 7.83. The maximum atomic E-state index is 4.54. The summed E-state index contributed by atoms with van der Waals surface area (Å²) in [6, 6.07) is 1.07. The predicted octanol–water partition coefficient (Wildman–Crippen LogP) is 2.83. The zero-order chi connectivity index (χ0) is 13.1. The summed E-state index contributed by atoms with van der Waals surface area (Å²) in [6.07, 6.45) is 1.33. The van der Waals surface area contributed by atoms with Gasteiger partial charge in [0.15, 0.2) is 0 Å². The van der Waals surface area contributed by atoms with E-state index in [4.69, 9.17) is 0 Å². The Labute approximate surface area is 115 Å². The fourth-order valence-corrected chi connectivity index (χ4v) is 3.23. The summed E-state index contributed by atoms with van der Waals surface area (Å²) in [5, 5.41) is 6.96. The minimum atomic E-state index is 0.378. The first kappa shape index (κ1) is 14.0. The van der Waals surface area contributed by atoms with Gasteiger partial charge in [0.2, 0.25) is 0 Å². The van der Waals surface area contributed by atoms with Crippen LogP contribution in [-0.2, 0) is 0 Å². The van der Waals surface area contributed by atoms with Gasteiger partial charge in [-0.2, -0.15) is 0 Å². The van der Waals surface area contributed by atoms with E-state index in [1.165, 1.54) is 25.2 Å². The molecular formula is C14H25N3S. The van der Waals surface area contributed by atoms with E-state index in [2.05, 4.69) is 48.3 Å². The van der Waals surface area contributed by atoms with E-state index in [9.17, 15) is 0 Å². The van der Waals surface area contributed by atoms with Crippen LogP contribution >= 0.6 is 11.3 Å². The molecule has 2 unspecified atom stereocenters. The summed E-state index contributed by atoms with van der Waals surface area (Å²) in [4.78, 5) is 7.12. The van der Waals surface area contributed by atoms with Gasteiger partial charge in [-0.1, -0.05) is 0 Å². The number of hydrogen-bond donors (Lipinski definition) is 1. The molecule has 1 aromatic heterocycles. The molecule has 2 atom stereocenters. The van der Waals surface area contributed by atoms with Crippen molar-refractivity contribution < 1.29 is 0 Å². The van der Waals surface area contributed by atoms with Crippen LogP contribution in [-0.4, -0.2) is 35.6 Å². The third-order valence-electron chi connectivity index (χ3n) is 3.84. The van der Waals surface area contributed by atoms with Gasteiger partial charge in [0.25, 0.3) is 0 Å². The van der Waals surface area contributed by atoms with Crippen LogP contribution in [0, 0.1) is 12.8 Å². The minimum absolute atomic E-state index is 0.378. The average molecular weight is 267 g/mol. The van der Waals surface area contributed by atoms with Crippen molar-refractivity contribution in [3.8, 4) is 0 Å². The van der Waals surface area contributed by atoms with Gasteiger partial charge in [0.05, 0.1) is 10.7 Å². The number of likely N-dealkylation sites (tertiary alicyclic amines) is 1. The molecule has 0 bridgehead atoms. The van der Waals surface area contributed by atoms with Crippen molar-refractivity contribution in [3.05, 3.63) is 16.1 Å². The normalized spacial score (nSPS) is 22.8. The van der Waals surface area contributed by atoms with Gasteiger partial charge in [0.1, 0.15) is 0 Å². The van der Waals surface area contributed by atoms with E-state index in [-0.39, 0.29) is 0 Å². The highest BCUT2D eigenvalue weighted by Crippen LogP contribution is 2.20. The molecule has 0 saturated carbocycles. The lowest BCUT2D eigenvalue weighted by Crippen LogP contribution is -2.31. The number of thiazole rings is 1. The molecule has 2 heterocycles. The Bertz CT molecular complexity index is 375. The zero-order valence-electron chi connectivity index (χ0n) is 11.9. The molecule has 0 radical (unpaired) electrons. The molecule has 1 fully saturated rings. The van der Waals surface area contributed by atoms with E-state index < -0.39 is 0 Å². The highest BCUT2D eigenvalue weighted by molar-refractivity contribution is 7.09. The molecule has 0 aliphatic carbocycles. The number of aryl methyl sites for hydroxylation is 1. The van der Waals surface area contributed by atoms with Crippen molar-refractivity contribution in [2.45, 2.75) is 46.2 Å². The van der Waals surface area contributed by atoms with Crippen LogP contribution in [0.25, 0.3) is 0 Å². The first-order chi connectivity index (χ1) is 8.56. The van der Waals surface area contributed by atoms with Gasteiger partial charge >= 0.3 is 0 Å². The summed E-state index contributed by atoms with van der Waals surface area (Å²) in [5.41, 5.74) is 1.19. The number of rotatable bonds is 5. The fraction of sp³-hybridized carbons (Fsp3) is 0.786. The molecule has 1 aliphatic rings. The molecule has 0 spiro atoms. The molecule has 3 nitrogen and oxygen atoms in total. The van der Waals surface area contributed by atoms with E-state index in [1.807, 2.05) is 0 Å². The first-order valence-electron chi connectivity index (χ1n) is 6.95. The van der Waals surface area contributed by atoms with Crippen molar-refractivity contribution in [2.75, 3.05) is 19.6 Å². The van der Waals surface area contributed by atoms with E-state index >= 15 is 0 Å². The molecule has 0 aromatic carbocycles. The molecule has 18 heavy (non-hydrogen) atoms. The Morgan fingerprint density at radius 2 is 2.28 bits per heavy atom. The number of hydrogen-bond acceptors (Lipinski definition) is 4. The van der Waals surface area contributed by atoms with E-state index in [1.54, 1.807) is 11.3 Å². The highest BCUT2D eigenvalue weighted by Gasteiger charge is 2.24. The topological polar surface area (TPSA) is 28.2 Å². The lowest BCUT2D eigenvalue weighted by Gasteiger charge is -2.21. The maximum Gasteiger partial charge on any atom is 0.0898 e. The van der Waals surface area contributed by atoms with Crippen LogP contribution in [0.15, 0.2) is 5.38 Å². The quantitative estimate of drug-likeness (QED) is 0.889. The molecule has 4 heteroatoms. The van der Waals surface area contributed by atoms with Gasteiger partial charge in [-0.3, -0.25) is 0 Å². The smallest absolute Gasteiger partial charge is 0.0898 e. The van der Waals surface area contributed by atoms with Crippen LogP contribution in [0.4, 0.5) is 0 Å². The molecule has 0 amide bonds. The molecule has 1 aliphatic heterocycles. The van der Waals surface area contributed by atoms with Crippen molar-refractivity contribution in [3.63, 3.8) is 0 Å². The van der Waals surface area contributed by atoms with Gasteiger partial charge in [-0.25, -0.2) is 4.98 Å². The second-order valence-electron chi connectivity index (χ2n) is 5.66. The predicted molar refractivity (Wildman–Crippen MR) is 78.1 cm³/mol. The van der Waals surface area contributed by atoms with Gasteiger partial charge in [0, 0.05) is 24.0 Å². The van der Waals surface area contributed by atoms with Crippen LogP contribution in [0.3, 0.4) is 0 Å². The largest absolute Gasteiger partial charge is 0.309 e. The van der Waals surface area contributed by atoms with Crippen molar-refractivity contribution in [1.82, 2.24) is 15.2 Å². The Kier molecular flexibility index (Phi) is 4.76. The van der Waals surface area contributed by atoms with E-state index in [0.717, 1.165) is 17.5 Å².